The normalized spacial score (nSPS) is 17.0. The fourth-order valence-electron chi connectivity index (χ4n) is 3.23. The Kier molecular flexibility index (Phi) is 6.06. The molecule has 136 valence electrons. The Labute approximate surface area is 155 Å². The third-order valence-corrected chi connectivity index (χ3v) is 4.86. The summed E-state index contributed by atoms with van der Waals surface area (Å²) in [5.41, 5.74) is 4.64. The van der Waals surface area contributed by atoms with E-state index in [1.165, 1.54) is 0 Å². The number of rotatable bonds is 5. The molecular weight excluding hydrogens is 334 g/mol. The standard InChI is InChI=1S/C19H27N3O2S/c1-7-22(8-2)18(23)16-13(5)20-19(25)21-17(16)14-9-12(4)15(24-6)10-11(14)3/h9-10,17H,7-8H2,1-6H3,(H2,20,21,25)/t17-/m0/s1. The zero-order valence-electron chi connectivity index (χ0n) is 15.8. The van der Waals surface area contributed by atoms with E-state index in [2.05, 4.69) is 16.7 Å². The molecule has 1 amide bonds. The van der Waals surface area contributed by atoms with Crippen LogP contribution in [0.1, 0.15) is 43.5 Å². The van der Waals surface area contributed by atoms with Gasteiger partial charge in [0.05, 0.1) is 18.7 Å². The van der Waals surface area contributed by atoms with Gasteiger partial charge in [0.25, 0.3) is 5.91 Å². The second-order valence-corrected chi connectivity index (χ2v) is 6.63. The van der Waals surface area contributed by atoms with E-state index in [0.717, 1.165) is 28.1 Å². The van der Waals surface area contributed by atoms with Crippen LogP contribution in [0.5, 0.6) is 5.75 Å². The number of carbonyl (C=O) groups is 1. The summed E-state index contributed by atoms with van der Waals surface area (Å²) < 4.78 is 5.41. The number of thiocarbonyl (C=S) groups is 1. The van der Waals surface area contributed by atoms with Gasteiger partial charge in [0.1, 0.15) is 5.75 Å². The summed E-state index contributed by atoms with van der Waals surface area (Å²) in [5, 5.41) is 6.91. The molecule has 0 aromatic heterocycles. The highest BCUT2D eigenvalue weighted by Gasteiger charge is 2.32. The number of hydrogen-bond acceptors (Lipinski definition) is 3. The van der Waals surface area contributed by atoms with Crippen LogP contribution in [-0.2, 0) is 4.79 Å². The van der Waals surface area contributed by atoms with Crippen LogP contribution in [0.4, 0.5) is 0 Å². The largest absolute Gasteiger partial charge is 0.496 e. The van der Waals surface area contributed by atoms with E-state index in [1.54, 1.807) is 7.11 Å². The van der Waals surface area contributed by atoms with E-state index in [-0.39, 0.29) is 11.9 Å². The minimum atomic E-state index is -0.272. The molecule has 0 bridgehead atoms. The topological polar surface area (TPSA) is 53.6 Å². The molecule has 1 heterocycles. The predicted octanol–water partition coefficient (Wildman–Crippen LogP) is 2.97. The van der Waals surface area contributed by atoms with Gasteiger partial charge in [-0.15, -0.1) is 0 Å². The average Bonchev–Trinajstić information content (AvgIpc) is 2.56. The molecule has 1 aromatic rings. The Morgan fingerprint density at radius 2 is 1.84 bits per heavy atom. The first-order valence-corrected chi connectivity index (χ1v) is 8.97. The maximum absolute atomic E-state index is 13.1. The molecule has 0 unspecified atom stereocenters. The minimum Gasteiger partial charge on any atom is -0.496 e. The number of ether oxygens (including phenoxy) is 1. The first-order valence-electron chi connectivity index (χ1n) is 8.56. The van der Waals surface area contributed by atoms with Gasteiger partial charge in [0, 0.05) is 18.8 Å². The molecule has 1 aromatic carbocycles. The number of methoxy groups -OCH3 is 1. The van der Waals surface area contributed by atoms with Crippen LogP contribution < -0.4 is 15.4 Å². The lowest BCUT2D eigenvalue weighted by atomic mass is 9.90. The van der Waals surface area contributed by atoms with Gasteiger partial charge in [-0.1, -0.05) is 0 Å². The summed E-state index contributed by atoms with van der Waals surface area (Å²) in [6, 6.07) is 3.81. The Hall–Kier alpha value is -2.08. The van der Waals surface area contributed by atoms with Crippen molar-refractivity contribution in [2.75, 3.05) is 20.2 Å². The summed E-state index contributed by atoms with van der Waals surface area (Å²) in [7, 11) is 1.67. The van der Waals surface area contributed by atoms with Gasteiger partial charge in [-0.2, -0.15) is 0 Å². The quantitative estimate of drug-likeness (QED) is 0.790. The smallest absolute Gasteiger partial charge is 0.253 e. The summed E-state index contributed by atoms with van der Waals surface area (Å²) in [6.45, 7) is 11.3. The number of aryl methyl sites for hydroxylation is 2. The molecule has 1 aliphatic heterocycles. The SMILES string of the molecule is CCN(CC)C(=O)C1=C(C)NC(=S)N[C@H]1c1cc(C)c(OC)cc1C. The van der Waals surface area contributed by atoms with E-state index < -0.39 is 0 Å². The van der Waals surface area contributed by atoms with Gasteiger partial charge >= 0.3 is 0 Å². The average molecular weight is 362 g/mol. The van der Waals surface area contributed by atoms with Gasteiger partial charge in [-0.25, -0.2) is 0 Å². The van der Waals surface area contributed by atoms with Crippen molar-refractivity contribution >= 4 is 23.2 Å². The van der Waals surface area contributed by atoms with Gasteiger partial charge in [-0.05, 0) is 75.7 Å². The van der Waals surface area contributed by atoms with Crippen molar-refractivity contribution in [3.8, 4) is 5.75 Å². The fourth-order valence-corrected chi connectivity index (χ4v) is 3.51. The molecule has 2 rings (SSSR count). The number of allylic oxidation sites excluding steroid dienone is 1. The highest BCUT2D eigenvalue weighted by molar-refractivity contribution is 7.80. The monoisotopic (exact) mass is 361 g/mol. The molecule has 1 aliphatic rings. The Balaban J connectivity index is 2.57. The van der Waals surface area contributed by atoms with Crippen LogP contribution in [0.25, 0.3) is 0 Å². The maximum Gasteiger partial charge on any atom is 0.253 e. The number of benzene rings is 1. The molecule has 25 heavy (non-hydrogen) atoms. The predicted molar refractivity (Wildman–Crippen MR) is 105 cm³/mol. The zero-order chi connectivity index (χ0) is 18.7. The van der Waals surface area contributed by atoms with Gasteiger partial charge in [0.15, 0.2) is 5.11 Å². The van der Waals surface area contributed by atoms with Gasteiger partial charge in [-0.3, -0.25) is 4.79 Å². The van der Waals surface area contributed by atoms with Crippen molar-refractivity contribution < 1.29 is 9.53 Å². The lowest BCUT2D eigenvalue weighted by molar-refractivity contribution is -0.127. The van der Waals surface area contributed by atoms with Crippen molar-refractivity contribution in [2.24, 2.45) is 0 Å². The van der Waals surface area contributed by atoms with Gasteiger partial charge in [0.2, 0.25) is 0 Å². The summed E-state index contributed by atoms with van der Waals surface area (Å²) in [6.07, 6.45) is 0. The van der Waals surface area contributed by atoms with E-state index in [0.29, 0.717) is 23.8 Å². The summed E-state index contributed by atoms with van der Waals surface area (Å²) >= 11 is 5.34. The molecule has 0 radical (unpaired) electrons. The molecule has 6 heteroatoms. The number of carbonyl (C=O) groups excluding carboxylic acids is 1. The molecule has 2 N–H and O–H groups in total. The van der Waals surface area contributed by atoms with Crippen molar-refractivity contribution in [3.63, 3.8) is 0 Å². The highest BCUT2D eigenvalue weighted by Crippen LogP contribution is 2.33. The Morgan fingerprint density at radius 1 is 1.20 bits per heavy atom. The van der Waals surface area contributed by atoms with E-state index in [9.17, 15) is 4.79 Å². The first kappa shape index (κ1) is 19.2. The Morgan fingerprint density at radius 3 is 2.40 bits per heavy atom. The van der Waals surface area contributed by atoms with Crippen molar-refractivity contribution in [1.82, 2.24) is 15.5 Å². The molecular formula is C19H27N3O2S. The maximum atomic E-state index is 13.1. The third kappa shape index (κ3) is 3.79. The van der Waals surface area contributed by atoms with Crippen molar-refractivity contribution in [2.45, 2.75) is 40.7 Å². The lowest BCUT2D eigenvalue weighted by Crippen LogP contribution is -2.47. The van der Waals surface area contributed by atoms with E-state index >= 15 is 0 Å². The second kappa shape index (κ2) is 7.87. The first-order chi connectivity index (χ1) is 11.8. The summed E-state index contributed by atoms with van der Waals surface area (Å²) in [5.74, 6) is 0.873. The van der Waals surface area contributed by atoms with E-state index in [4.69, 9.17) is 17.0 Å². The van der Waals surface area contributed by atoms with Crippen LogP contribution in [0.3, 0.4) is 0 Å². The molecule has 0 saturated heterocycles. The highest BCUT2D eigenvalue weighted by atomic mass is 32.1. The molecule has 0 aliphatic carbocycles. The minimum absolute atomic E-state index is 0.0304. The van der Waals surface area contributed by atoms with Crippen LogP contribution in [0, 0.1) is 13.8 Å². The van der Waals surface area contributed by atoms with Crippen molar-refractivity contribution in [1.29, 1.82) is 0 Å². The fraction of sp³-hybridized carbons (Fsp3) is 0.474. The summed E-state index contributed by atoms with van der Waals surface area (Å²) in [4.78, 5) is 14.9. The Bertz CT molecular complexity index is 724. The molecule has 1 atom stereocenters. The molecule has 0 saturated carbocycles. The van der Waals surface area contributed by atoms with Crippen LogP contribution in [0.15, 0.2) is 23.4 Å². The van der Waals surface area contributed by atoms with Crippen LogP contribution in [0.2, 0.25) is 0 Å². The van der Waals surface area contributed by atoms with Crippen molar-refractivity contribution in [3.05, 3.63) is 40.1 Å². The zero-order valence-corrected chi connectivity index (χ0v) is 16.6. The second-order valence-electron chi connectivity index (χ2n) is 6.23. The molecule has 0 spiro atoms. The lowest BCUT2D eigenvalue weighted by Gasteiger charge is -2.34. The number of nitrogens with one attached hydrogen (secondary N) is 2. The number of hydrogen-bond donors (Lipinski definition) is 2. The molecule has 5 nitrogen and oxygen atoms in total. The number of nitrogens with zero attached hydrogens (tertiary/aromatic N) is 1. The molecule has 0 fully saturated rings. The van der Waals surface area contributed by atoms with Crippen LogP contribution >= 0.6 is 12.2 Å². The van der Waals surface area contributed by atoms with E-state index in [1.807, 2.05) is 45.6 Å². The third-order valence-electron chi connectivity index (χ3n) is 4.64. The number of amides is 1. The van der Waals surface area contributed by atoms with Gasteiger partial charge < -0.3 is 20.3 Å². The van der Waals surface area contributed by atoms with Crippen LogP contribution in [-0.4, -0.2) is 36.1 Å². The number of likely N-dealkylation sites (N-methyl/N-ethyl adjacent to an activating group) is 1.